The number of nitrogens with zero attached hydrogens (tertiary/aromatic N) is 3. The zero-order valence-corrected chi connectivity index (χ0v) is 10.6. The summed E-state index contributed by atoms with van der Waals surface area (Å²) in [6.07, 6.45) is 2.51. The van der Waals surface area contributed by atoms with Crippen molar-refractivity contribution < 1.29 is 0 Å². The summed E-state index contributed by atoms with van der Waals surface area (Å²) >= 11 is 0. The molecule has 0 fully saturated rings. The van der Waals surface area contributed by atoms with Crippen LogP contribution in [0.25, 0.3) is 0 Å². The van der Waals surface area contributed by atoms with Crippen molar-refractivity contribution in [1.29, 1.82) is 0 Å². The molecule has 3 N–H and O–H groups in total. The Labute approximate surface area is 106 Å². The van der Waals surface area contributed by atoms with Crippen LogP contribution in [0.2, 0.25) is 0 Å². The standard InChI is InChI=1S/C13H17N5/c1-9-7-12(10(2)18-17-9)13(16-14)8-11-5-3-4-6-15-11/h3-7,13,16H,8,14H2,1-2H3. The van der Waals surface area contributed by atoms with Gasteiger partial charge in [-0.25, -0.2) is 0 Å². The van der Waals surface area contributed by atoms with Gasteiger partial charge >= 0.3 is 0 Å². The van der Waals surface area contributed by atoms with Crippen molar-refractivity contribution in [3.05, 3.63) is 53.1 Å². The highest BCUT2D eigenvalue weighted by Crippen LogP contribution is 2.19. The van der Waals surface area contributed by atoms with E-state index < -0.39 is 0 Å². The third-order valence-corrected chi connectivity index (χ3v) is 2.86. The van der Waals surface area contributed by atoms with Gasteiger partial charge in [0.2, 0.25) is 0 Å². The molecule has 0 radical (unpaired) electrons. The van der Waals surface area contributed by atoms with Gasteiger partial charge < -0.3 is 0 Å². The number of hydrogen-bond acceptors (Lipinski definition) is 5. The molecule has 18 heavy (non-hydrogen) atoms. The van der Waals surface area contributed by atoms with Gasteiger partial charge in [-0.05, 0) is 37.6 Å². The van der Waals surface area contributed by atoms with Gasteiger partial charge in [0.1, 0.15) is 0 Å². The van der Waals surface area contributed by atoms with E-state index in [-0.39, 0.29) is 6.04 Å². The lowest BCUT2D eigenvalue weighted by atomic mass is 10.0. The number of nitrogens with one attached hydrogen (secondary N) is 1. The lowest BCUT2D eigenvalue weighted by Crippen LogP contribution is -2.30. The van der Waals surface area contributed by atoms with Gasteiger partial charge in [0.25, 0.3) is 0 Å². The summed E-state index contributed by atoms with van der Waals surface area (Å²) in [6, 6.07) is 7.86. The van der Waals surface area contributed by atoms with Crippen LogP contribution in [0.15, 0.2) is 30.5 Å². The predicted molar refractivity (Wildman–Crippen MR) is 69.5 cm³/mol. The van der Waals surface area contributed by atoms with E-state index >= 15 is 0 Å². The molecule has 0 saturated heterocycles. The quantitative estimate of drug-likeness (QED) is 0.624. The minimum absolute atomic E-state index is 0.00546. The maximum Gasteiger partial charge on any atom is 0.0648 e. The first-order valence-corrected chi connectivity index (χ1v) is 5.87. The smallest absolute Gasteiger partial charge is 0.0648 e. The van der Waals surface area contributed by atoms with Gasteiger partial charge in [-0.1, -0.05) is 6.07 Å². The Morgan fingerprint density at radius 3 is 2.78 bits per heavy atom. The topological polar surface area (TPSA) is 76.7 Å². The fourth-order valence-electron chi connectivity index (χ4n) is 1.91. The number of hydrazine groups is 1. The molecule has 0 saturated carbocycles. The Bertz CT molecular complexity index is 512. The van der Waals surface area contributed by atoms with Crippen LogP contribution in [-0.4, -0.2) is 15.2 Å². The van der Waals surface area contributed by atoms with Crippen LogP contribution in [-0.2, 0) is 6.42 Å². The molecule has 5 nitrogen and oxygen atoms in total. The maximum absolute atomic E-state index is 5.65. The summed E-state index contributed by atoms with van der Waals surface area (Å²) in [5.41, 5.74) is 6.66. The first-order chi connectivity index (χ1) is 8.70. The van der Waals surface area contributed by atoms with Gasteiger partial charge in [-0.2, -0.15) is 10.2 Å². The van der Waals surface area contributed by atoms with Crippen molar-refractivity contribution in [3.8, 4) is 0 Å². The van der Waals surface area contributed by atoms with Crippen molar-refractivity contribution in [1.82, 2.24) is 20.6 Å². The number of hydrogen-bond donors (Lipinski definition) is 2. The van der Waals surface area contributed by atoms with E-state index in [4.69, 9.17) is 5.84 Å². The highest BCUT2D eigenvalue weighted by atomic mass is 15.2. The van der Waals surface area contributed by atoms with E-state index in [2.05, 4.69) is 20.6 Å². The summed E-state index contributed by atoms with van der Waals surface area (Å²) < 4.78 is 0. The number of aromatic nitrogens is 3. The third-order valence-electron chi connectivity index (χ3n) is 2.86. The van der Waals surface area contributed by atoms with Crippen molar-refractivity contribution >= 4 is 0 Å². The third kappa shape index (κ3) is 2.88. The monoisotopic (exact) mass is 243 g/mol. The van der Waals surface area contributed by atoms with Crippen molar-refractivity contribution in [2.24, 2.45) is 5.84 Å². The largest absolute Gasteiger partial charge is 0.271 e. The Balaban J connectivity index is 2.26. The van der Waals surface area contributed by atoms with E-state index in [9.17, 15) is 0 Å². The molecule has 0 aliphatic heterocycles. The van der Waals surface area contributed by atoms with Crippen molar-refractivity contribution in [3.63, 3.8) is 0 Å². The van der Waals surface area contributed by atoms with Crippen LogP contribution in [0.5, 0.6) is 0 Å². The highest BCUT2D eigenvalue weighted by molar-refractivity contribution is 5.25. The average molecular weight is 243 g/mol. The highest BCUT2D eigenvalue weighted by Gasteiger charge is 2.15. The summed E-state index contributed by atoms with van der Waals surface area (Å²) in [6.45, 7) is 3.86. The fraction of sp³-hybridized carbons (Fsp3) is 0.308. The fourth-order valence-corrected chi connectivity index (χ4v) is 1.91. The van der Waals surface area contributed by atoms with E-state index in [1.807, 2.05) is 38.1 Å². The van der Waals surface area contributed by atoms with Gasteiger partial charge in [0.15, 0.2) is 0 Å². The second-order valence-electron chi connectivity index (χ2n) is 4.27. The molecule has 0 aliphatic rings. The molecule has 2 heterocycles. The molecule has 0 amide bonds. The average Bonchev–Trinajstić information content (AvgIpc) is 2.40. The molecule has 1 unspecified atom stereocenters. The summed E-state index contributed by atoms with van der Waals surface area (Å²) in [5.74, 6) is 5.65. The first kappa shape index (κ1) is 12.6. The van der Waals surface area contributed by atoms with Crippen LogP contribution in [0.1, 0.15) is 28.7 Å². The first-order valence-electron chi connectivity index (χ1n) is 5.87. The van der Waals surface area contributed by atoms with Crippen LogP contribution in [0.3, 0.4) is 0 Å². The second-order valence-corrected chi connectivity index (χ2v) is 4.27. The minimum atomic E-state index is -0.00546. The predicted octanol–water partition coefficient (Wildman–Crippen LogP) is 1.24. The maximum atomic E-state index is 5.65. The zero-order chi connectivity index (χ0) is 13.0. The molecule has 5 heteroatoms. The summed E-state index contributed by atoms with van der Waals surface area (Å²) in [7, 11) is 0. The number of nitrogens with two attached hydrogens (primary N) is 1. The Morgan fingerprint density at radius 1 is 1.28 bits per heavy atom. The second kappa shape index (κ2) is 5.66. The summed E-state index contributed by atoms with van der Waals surface area (Å²) in [5, 5.41) is 8.15. The van der Waals surface area contributed by atoms with Gasteiger partial charge in [-0.3, -0.25) is 16.3 Å². The normalized spacial score (nSPS) is 12.4. The van der Waals surface area contributed by atoms with Crippen molar-refractivity contribution in [2.45, 2.75) is 26.3 Å². The number of pyridine rings is 1. The lowest BCUT2D eigenvalue weighted by Gasteiger charge is -2.17. The van der Waals surface area contributed by atoms with Crippen LogP contribution in [0, 0.1) is 13.8 Å². The zero-order valence-electron chi connectivity index (χ0n) is 10.6. The van der Waals surface area contributed by atoms with Gasteiger partial charge in [0, 0.05) is 18.3 Å². The molecular formula is C13H17N5. The Hall–Kier alpha value is -1.85. The van der Waals surface area contributed by atoms with Gasteiger partial charge in [-0.15, -0.1) is 0 Å². The molecule has 2 rings (SSSR count). The van der Waals surface area contributed by atoms with Crippen LogP contribution in [0.4, 0.5) is 0 Å². The van der Waals surface area contributed by atoms with E-state index in [1.54, 1.807) is 6.20 Å². The molecule has 2 aromatic heterocycles. The van der Waals surface area contributed by atoms with Crippen LogP contribution < -0.4 is 11.3 Å². The Kier molecular flexibility index (Phi) is 3.96. The van der Waals surface area contributed by atoms with E-state index in [0.717, 1.165) is 29.1 Å². The van der Waals surface area contributed by atoms with E-state index in [1.165, 1.54) is 0 Å². The molecule has 0 bridgehead atoms. The number of rotatable bonds is 4. The SMILES string of the molecule is Cc1cc(C(Cc2ccccn2)NN)c(C)nn1. The minimum Gasteiger partial charge on any atom is -0.271 e. The van der Waals surface area contributed by atoms with E-state index in [0.29, 0.717) is 0 Å². The molecule has 1 atom stereocenters. The summed E-state index contributed by atoms with van der Waals surface area (Å²) in [4.78, 5) is 4.31. The lowest BCUT2D eigenvalue weighted by molar-refractivity contribution is 0.538. The molecule has 0 aliphatic carbocycles. The van der Waals surface area contributed by atoms with Crippen molar-refractivity contribution in [2.75, 3.05) is 0 Å². The molecule has 94 valence electrons. The molecule has 0 spiro atoms. The Morgan fingerprint density at radius 2 is 2.11 bits per heavy atom. The molecular weight excluding hydrogens is 226 g/mol. The molecule has 0 aromatic carbocycles. The van der Waals surface area contributed by atoms with Gasteiger partial charge in [0.05, 0.1) is 17.4 Å². The van der Waals surface area contributed by atoms with Crippen LogP contribution >= 0.6 is 0 Å². The number of aryl methyl sites for hydroxylation is 2. The molecule has 2 aromatic rings.